The molecule has 0 aliphatic heterocycles. The molecule has 0 amide bonds. The molecule has 1 heterocycles. The number of aliphatic hydroxyl groups is 1. The van der Waals surface area contributed by atoms with Crippen LogP contribution in [0.15, 0.2) is 35.5 Å². The Morgan fingerprint density at radius 3 is 2.89 bits per heavy atom. The van der Waals surface area contributed by atoms with Crippen molar-refractivity contribution in [1.82, 2.24) is 4.98 Å². The van der Waals surface area contributed by atoms with Crippen LogP contribution >= 0.6 is 15.9 Å². The lowest BCUT2D eigenvalue weighted by Gasteiger charge is -2.36. The Kier molecular flexibility index (Phi) is 3.84. The van der Waals surface area contributed by atoms with E-state index >= 15 is 0 Å². The zero-order valence-corrected chi connectivity index (χ0v) is 11.6. The summed E-state index contributed by atoms with van der Waals surface area (Å²) in [7, 11) is 0. The molecule has 1 fully saturated rings. The molecule has 1 aliphatic carbocycles. The molecule has 0 spiro atoms. The van der Waals surface area contributed by atoms with E-state index in [4.69, 9.17) is 0 Å². The normalized spacial score (nSPS) is 31.6. The van der Waals surface area contributed by atoms with E-state index in [1.165, 1.54) is 0 Å². The first kappa shape index (κ1) is 13.3. The van der Waals surface area contributed by atoms with Gasteiger partial charge in [-0.05, 0) is 47.3 Å². The lowest BCUT2D eigenvalue weighted by atomic mass is 9.68. The van der Waals surface area contributed by atoms with E-state index in [1.54, 1.807) is 12.3 Å². The fraction of sp³-hybridized carbons (Fsp3) is 0.429. The van der Waals surface area contributed by atoms with Gasteiger partial charge in [0, 0.05) is 16.6 Å². The van der Waals surface area contributed by atoms with Crippen LogP contribution in [0, 0.1) is 17.2 Å². The molecular formula is C14H15BrN2O. The molecule has 1 aliphatic rings. The van der Waals surface area contributed by atoms with Gasteiger partial charge >= 0.3 is 0 Å². The number of halogens is 1. The standard InChI is InChI=1S/C14H15BrN2O/c1-2-10-5-6-14(9-16,7-12(10)18)13-4-3-11(15)8-17-13/h2-4,8,10,12,18H,1,5-7H2. The Labute approximate surface area is 115 Å². The molecule has 94 valence electrons. The summed E-state index contributed by atoms with van der Waals surface area (Å²) in [4.78, 5) is 4.32. The number of rotatable bonds is 2. The highest BCUT2D eigenvalue weighted by molar-refractivity contribution is 9.10. The number of aromatic nitrogens is 1. The molecule has 0 bridgehead atoms. The van der Waals surface area contributed by atoms with E-state index in [0.29, 0.717) is 12.8 Å². The highest BCUT2D eigenvalue weighted by Gasteiger charge is 2.42. The third-order valence-electron chi connectivity index (χ3n) is 3.69. The number of nitrogens with zero attached hydrogens (tertiary/aromatic N) is 2. The molecule has 0 radical (unpaired) electrons. The summed E-state index contributed by atoms with van der Waals surface area (Å²) in [6.45, 7) is 3.73. The van der Waals surface area contributed by atoms with Crippen molar-refractivity contribution < 1.29 is 5.11 Å². The van der Waals surface area contributed by atoms with E-state index in [1.807, 2.05) is 12.1 Å². The average Bonchev–Trinajstić information content (AvgIpc) is 2.39. The first-order chi connectivity index (χ1) is 8.61. The fourth-order valence-electron chi connectivity index (χ4n) is 2.54. The van der Waals surface area contributed by atoms with Gasteiger partial charge in [-0.25, -0.2) is 0 Å². The monoisotopic (exact) mass is 306 g/mol. The maximum Gasteiger partial charge on any atom is 0.102 e. The highest BCUT2D eigenvalue weighted by Crippen LogP contribution is 2.41. The summed E-state index contributed by atoms with van der Waals surface area (Å²) < 4.78 is 0.889. The van der Waals surface area contributed by atoms with Crippen LogP contribution in [0.4, 0.5) is 0 Å². The van der Waals surface area contributed by atoms with Gasteiger partial charge in [0.05, 0.1) is 17.9 Å². The van der Waals surface area contributed by atoms with E-state index in [2.05, 4.69) is 33.6 Å². The van der Waals surface area contributed by atoms with Crippen molar-refractivity contribution in [3.63, 3.8) is 0 Å². The molecule has 1 aromatic heterocycles. The molecule has 1 N–H and O–H groups in total. The van der Waals surface area contributed by atoms with Gasteiger partial charge in [0.2, 0.25) is 0 Å². The molecule has 3 nitrogen and oxygen atoms in total. The van der Waals surface area contributed by atoms with Crippen molar-refractivity contribution in [2.24, 2.45) is 5.92 Å². The largest absolute Gasteiger partial charge is 0.392 e. The Hall–Kier alpha value is -1.18. The molecule has 3 atom stereocenters. The summed E-state index contributed by atoms with van der Waals surface area (Å²) in [6.07, 6.45) is 4.87. The van der Waals surface area contributed by atoms with Gasteiger partial charge in [-0.15, -0.1) is 6.58 Å². The molecule has 4 heteroatoms. The molecule has 0 saturated heterocycles. The van der Waals surface area contributed by atoms with Gasteiger partial charge in [-0.3, -0.25) is 4.98 Å². The Bertz CT molecular complexity index is 480. The summed E-state index contributed by atoms with van der Waals surface area (Å²) in [5, 5.41) is 19.6. The highest BCUT2D eigenvalue weighted by atomic mass is 79.9. The number of hydrogen-bond donors (Lipinski definition) is 1. The van der Waals surface area contributed by atoms with Crippen molar-refractivity contribution in [2.45, 2.75) is 30.8 Å². The van der Waals surface area contributed by atoms with Crippen molar-refractivity contribution in [2.75, 3.05) is 0 Å². The maximum atomic E-state index is 10.1. The van der Waals surface area contributed by atoms with Crippen molar-refractivity contribution in [3.05, 3.63) is 41.2 Å². The minimum atomic E-state index is -0.667. The molecule has 3 unspecified atom stereocenters. The second kappa shape index (κ2) is 5.21. The van der Waals surface area contributed by atoms with E-state index in [-0.39, 0.29) is 5.92 Å². The molecule has 1 saturated carbocycles. The molecule has 0 aromatic carbocycles. The Balaban J connectivity index is 2.31. The van der Waals surface area contributed by atoms with Crippen LogP contribution in [-0.4, -0.2) is 16.2 Å². The number of aliphatic hydroxyl groups excluding tert-OH is 1. The molecule has 2 rings (SSSR count). The predicted molar refractivity (Wildman–Crippen MR) is 72.8 cm³/mol. The summed E-state index contributed by atoms with van der Waals surface area (Å²) in [5.74, 6) is 0.0851. The Morgan fingerprint density at radius 1 is 1.61 bits per heavy atom. The first-order valence-corrected chi connectivity index (χ1v) is 6.74. The van der Waals surface area contributed by atoms with Gasteiger partial charge in [0.1, 0.15) is 5.41 Å². The maximum absolute atomic E-state index is 10.1. The van der Waals surface area contributed by atoms with Crippen molar-refractivity contribution in [3.8, 4) is 6.07 Å². The SMILES string of the molecule is C=CC1CCC(C#N)(c2ccc(Br)cn2)CC1O. The summed E-state index contributed by atoms with van der Waals surface area (Å²) in [5.41, 5.74) is 0.0781. The van der Waals surface area contributed by atoms with Gasteiger partial charge < -0.3 is 5.11 Å². The van der Waals surface area contributed by atoms with Crippen LogP contribution < -0.4 is 0 Å². The van der Waals surface area contributed by atoms with E-state index in [9.17, 15) is 10.4 Å². The minimum absolute atomic E-state index is 0.0851. The molecular weight excluding hydrogens is 292 g/mol. The van der Waals surface area contributed by atoms with Crippen LogP contribution in [-0.2, 0) is 5.41 Å². The number of pyridine rings is 1. The van der Waals surface area contributed by atoms with Crippen LogP contribution in [0.25, 0.3) is 0 Å². The third-order valence-corrected chi connectivity index (χ3v) is 4.16. The average molecular weight is 307 g/mol. The van der Waals surface area contributed by atoms with Crippen molar-refractivity contribution in [1.29, 1.82) is 5.26 Å². The Morgan fingerprint density at radius 2 is 2.39 bits per heavy atom. The predicted octanol–water partition coefficient (Wildman–Crippen LogP) is 2.95. The van der Waals surface area contributed by atoms with Gasteiger partial charge in [-0.1, -0.05) is 6.08 Å². The second-order valence-electron chi connectivity index (χ2n) is 4.77. The molecule has 1 aromatic rings. The lowest BCUT2D eigenvalue weighted by molar-refractivity contribution is 0.0658. The molecule has 18 heavy (non-hydrogen) atoms. The second-order valence-corrected chi connectivity index (χ2v) is 5.68. The zero-order valence-electron chi connectivity index (χ0n) is 10.0. The topological polar surface area (TPSA) is 56.9 Å². The van der Waals surface area contributed by atoms with Gasteiger partial charge in [0.15, 0.2) is 0 Å². The number of hydrogen-bond acceptors (Lipinski definition) is 3. The summed E-state index contributed by atoms with van der Waals surface area (Å²) in [6, 6.07) is 6.09. The van der Waals surface area contributed by atoms with Crippen LogP contribution in [0.3, 0.4) is 0 Å². The van der Waals surface area contributed by atoms with E-state index < -0.39 is 11.5 Å². The van der Waals surface area contributed by atoms with Crippen LogP contribution in [0.5, 0.6) is 0 Å². The van der Waals surface area contributed by atoms with Crippen LogP contribution in [0.1, 0.15) is 25.0 Å². The third kappa shape index (κ3) is 2.33. The van der Waals surface area contributed by atoms with Gasteiger partial charge in [-0.2, -0.15) is 5.26 Å². The quantitative estimate of drug-likeness (QED) is 0.855. The first-order valence-electron chi connectivity index (χ1n) is 5.95. The van der Waals surface area contributed by atoms with E-state index in [0.717, 1.165) is 16.6 Å². The number of nitriles is 1. The minimum Gasteiger partial charge on any atom is -0.392 e. The van der Waals surface area contributed by atoms with Crippen molar-refractivity contribution >= 4 is 15.9 Å². The zero-order chi connectivity index (χ0) is 13.2. The van der Waals surface area contributed by atoms with Crippen LogP contribution in [0.2, 0.25) is 0 Å². The van der Waals surface area contributed by atoms with Gasteiger partial charge in [0.25, 0.3) is 0 Å². The summed E-state index contributed by atoms with van der Waals surface area (Å²) >= 11 is 3.33. The fourth-order valence-corrected chi connectivity index (χ4v) is 2.78. The smallest absolute Gasteiger partial charge is 0.102 e. The lowest BCUT2D eigenvalue weighted by Crippen LogP contribution is -2.39.